The third-order valence-corrected chi connectivity index (χ3v) is 18.6. The van der Waals surface area contributed by atoms with E-state index in [2.05, 4.69) is 59.6 Å². The lowest BCUT2D eigenvalue weighted by Crippen LogP contribution is -2.83. The predicted octanol–water partition coefficient (Wildman–Crippen LogP) is 8.84. The van der Waals surface area contributed by atoms with Crippen LogP contribution < -0.4 is 10.2 Å². The Morgan fingerprint density at radius 3 is 2.51 bits per heavy atom. The van der Waals surface area contributed by atoms with Crippen molar-refractivity contribution in [2.45, 2.75) is 123 Å². The molecule has 1 amide bonds. The fraction of sp³-hybridized carbons (Fsp3) is 0.596. The Bertz CT molecular complexity index is 2760. The number of piperidine rings is 1. The molecule has 5 atom stereocenters. The lowest BCUT2D eigenvalue weighted by Gasteiger charge is -2.83. The van der Waals surface area contributed by atoms with Gasteiger partial charge in [-0.3, -0.25) is 14.3 Å². The SMILES string of the molecule is CC(=O)COC1CCN(C(=O)c2nc(N3CCCc4c3nnc(Nc3nc5ccccc5s3)c4C)ccc2-c2cnn(CC34CC5(C)CC6(C)CC(OCCN7CCCC7)(C3)C54C6)c2C)CC1. The molecule has 5 aromatic rings. The summed E-state index contributed by atoms with van der Waals surface area (Å²) in [5, 5.41) is 18.9. The lowest BCUT2D eigenvalue weighted by atomic mass is 9.23. The average Bonchev–Trinajstić information content (AvgIpc) is 4.14. The fourth-order valence-corrected chi connectivity index (χ4v) is 16.3. The number of ketones is 1. The first-order chi connectivity index (χ1) is 32.3. The second kappa shape index (κ2) is 15.9. The molecule has 4 saturated carbocycles. The normalized spacial score (nSPS) is 29.8. The van der Waals surface area contributed by atoms with Gasteiger partial charge in [-0.05, 0) is 140 Å². The van der Waals surface area contributed by atoms with Crippen molar-refractivity contribution in [1.29, 1.82) is 0 Å². The molecule has 2 saturated heterocycles. The van der Waals surface area contributed by atoms with Gasteiger partial charge < -0.3 is 29.5 Å². The first-order valence-corrected chi connectivity index (χ1v) is 25.7. The number of likely N-dealkylation sites (tertiary alicyclic amines) is 2. The molecule has 4 aliphatic carbocycles. The Kier molecular flexibility index (Phi) is 10.3. The quantitative estimate of drug-likeness (QED) is 0.114. The maximum atomic E-state index is 14.9. The van der Waals surface area contributed by atoms with Crippen LogP contribution in [0.4, 0.5) is 22.6 Å². The molecule has 7 aliphatic rings. The van der Waals surface area contributed by atoms with E-state index in [4.69, 9.17) is 34.7 Å². The predicted molar refractivity (Wildman–Crippen MR) is 259 cm³/mol. The summed E-state index contributed by atoms with van der Waals surface area (Å²) >= 11 is 1.60. The molecule has 1 spiro atoms. The molecule has 1 aromatic carbocycles. The van der Waals surface area contributed by atoms with Gasteiger partial charge in [-0.2, -0.15) is 5.10 Å². The van der Waals surface area contributed by atoms with Gasteiger partial charge in [-0.1, -0.05) is 37.3 Å². The molecule has 3 aliphatic heterocycles. The van der Waals surface area contributed by atoms with Gasteiger partial charge in [0.25, 0.3) is 5.91 Å². The minimum Gasteiger partial charge on any atom is -0.373 e. The number of anilines is 4. The summed E-state index contributed by atoms with van der Waals surface area (Å²) in [4.78, 5) is 43.3. The van der Waals surface area contributed by atoms with Crippen LogP contribution in [0.25, 0.3) is 21.3 Å². The summed E-state index contributed by atoms with van der Waals surface area (Å²) in [5.74, 6) is 2.03. The molecule has 4 aromatic heterocycles. The number of amides is 1. The summed E-state index contributed by atoms with van der Waals surface area (Å²) in [6.07, 6.45) is 13.6. The topological polar surface area (TPSA) is 144 Å². The van der Waals surface area contributed by atoms with Gasteiger partial charge in [-0.25, -0.2) is 9.97 Å². The van der Waals surface area contributed by atoms with Gasteiger partial charge in [0, 0.05) is 71.5 Å². The summed E-state index contributed by atoms with van der Waals surface area (Å²) in [5.41, 5.74) is 7.21. The van der Waals surface area contributed by atoms with Crippen LogP contribution in [0.2, 0.25) is 0 Å². The average molecular weight is 925 g/mol. The largest absolute Gasteiger partial charge is 0.373 e. The van der Waals surface area contributed by atoms with E-state index in [0.29, 0.717) is 60.6 Å². The number of nitrogens with one attached hydrogen (secondary N) is 1. The van der Waals surface area contributed by atoms with Gasteiger partial charge in [0.15, 0.2) is 22.6 Å². The number of hydrogen-bond donors (Lipinski definition) is 1. The van der Waals surface area contributed by atoms with Crippen molar-refractivity contribution in [2.75, 3.05) is 62.7 Å². The summed E-state index contributed by atoms with van der Waals surface area (Å²) in [6, 6.07) is 12.2. The van der Waals surface area contributed by atoms with Gasteiger partial charge in [0.05, 0.1) is 34.7 Å². The standard InChI is InChI=1S/C52H64N10O4S/c1-33(63)26-65-36-16-21-60(22-17-36)46(64)43-38(14-15-42(55-43)61-20-10-11-37-34(2)44(57-58-45(37)61)56-47-54-40-12-6-7-13-41(40)67-47)39-25-53-62(35(39)3)32-50-30-49(5)27-48(4)28-51(31-50,52(49,50)29-48)66-24-23-59-18-8-9-19-59/h6-7,12-15,25,36H,8-11,16-24,26-32H2,1-5H3,(H,54,56,57). The molecular formula is C52H64N10O4S. The van der Waals surface area contributed by atoms with Gasteiger partial charge in [0.2, 0.25) is 0 Å². The molecule has 1 N–H and O–H groups in total. The van der Waals surface area contributed by atoms with Crippen molar-refractivity contribution in [3.8, 4) is 11.1 Å². The van der Waals surface area contributed by atoms with Gasteiger partial charge in [0.1, 0.15) is 18.1 Å². The third kappa shape index (κ3) is 6.75. The van der Waals surface area contributed by atoms with Crippen molar-refractivity contribution < 1.29 is 19.1 Å². The summed E-state index contributed by atoms with van der Waals surface area (Å²) in [7, 11) is 0. The van der Waals surface area contributed by atoms with Crippen molar-refractivity contribution in [3.05, 3.63) is 65.1 Å². The molecule has 12 rings (SSSR count). The van der Waals surface area contributed by atoms with Crippen LogP contribution in [0.5, 0.6) is 0 Å². The van der Waals surface area contributed by atoms with Crippen LogP contribution >= 0.6 is 11.3 Å². The number of ether oxygens (including phenoxy) is 2. The van der Waals surface area contributed by atoms with E-state index in [9.17, 15) is 9.59 Å². The second-order valence-electron chi connectivity index (χ2n) is 22.0. The molecular weight excluding hydrogens is 861 g/mol. The van der Waals surface area contributed by atoms with Crippen LogP contribution in [0, 0.1) is 35.5 Å². The highest BCUT2D eigenvalue weighted by molar-refractivity contribution is 7.22. The molecule has 67 heavy (non-hydrogen) atoms. The first kappa shape index (κ1) is 43.5. The zero-order valence-electron chi connectivity index (χ0n) is 39.8. The number of thiazole rings is 1. The minimum atomic E-state index is -0.109. The van der Waals surface area contributed by atoms with E-state index in [1.807, 2.05) is 35.4 Å². The van der Waals surface area contributed by atoms with Crippen LogP contribution in [-0.4, -0.2) is 116 Å². The number of hydrogen-bond acceptors (Lipinski definition) is 13. The number of nitrogens with zero attached hydrogens (tertiary/aromatic N) is 9. The number of pyridine rings is 1. The van der Waals surface area contributed by atoms with Crippen LogP contribution in [0.1, 0.15) is 112 Å². The zero-order chi connectivity index (χ0) is 45.9. The van der Waals surface area contributed by atoms with Gasteiger partial charge >= 0.3 is 0 Å². The molecule has 15 heteroatoms. The molecule has 0 radical (unpaired) electrons. The monoisotopic (exact) mass is 924 g/mol. The number of benzene rings is 1. The Morgan fingerprint density at radius 1 is 0.896 bits per heavy atom. The zero-order valence-corrected chi connectivity index (χ0v) is 40.6. The van der Waals surface area contributed by atoms with Crippen LogP contribution in [-0.2, 0) is 27.2 Å². The minimum absolute atomic E-state index is 0.00773. The maximum absolute atomic E-state index is 14.9. The van der Waals surface area contributed by atoms with Crippen molar-refractivity contribution in [3.63, 3.8) is 0 Å². The number of aromatic nitrogens is 6. The van der Waals surface area contributed by atoms with Gasteiger partial charge in [-0.15, -0.1) is 10.2 Å². The third-order valence-electron chi connectivity index (χ3n) is 17.6. The molecule has 6 fully saturated rings. The van der Waals surface area contributed by atoms with E-state index in [1.165, 1.54) is 51.6 Å². The number of para-hydroxylation sites is 1. The summed E-state index contributed by atoms with van der Waals surface area (Å²) < 4.78 is 16.4. The highest BCUT2D eigenvalue weighted by Crippen LogP contribution is 2.96. The van der Waals surface area contributed by atoms with Crippen molar-refractivity contribution in [2.24, 2.45) is 21.7 Å². The van der Waals surface area contributed by atoms with E-state index < -0.39 is 0 Å². The number of Topliss-reactive ketones (excluding diaryl/α,β-unsaturated/α-hetero) is 1. The summed E-state index contributed by atoms with van der Waals surface area (Å²) in [6.45, 7) is 17.9. The first-order valence-electron chi connectivity index (χ1n) is 24.9. The van der Waals surface area contributed by atoms with E-state index in [0.717, 1.165) is 88.1 Å². The second-order valence-corrected chi connectivity index (χ2v) is 23.1. The van der Waals surface area contributed by atoms with Crippen molar-refractivity contribution in [1.82, 2.24) is 39.7 Å². The molecule has 7 heterocycles. The number of carbonyl (C=O) groups excluding carboxylic acids is 2. The Balaban J connectivity index is 0.844. The number of fused-ring (bicyclic) bond motifs is 3. The highest BCUT2D eigenvalue weighted by Gasteiger charge is 2.93. The molecule has 5 unspecified atom stereocenters. The number of rotatable bonds is 14. The number of carbonyl (C=O) groups is 2. The Hall–Kier alpha value is -4.83. The smallest absolute Gasteiger partial charge is 0.273 e. The van der Waals surface area contributed by atoms with Crippen molar-refractivity contribution >= 4 is 55.8 Å². The fourth-order valence-electron chi connectivity index (χ4n) is 15.4. The van der Waals surface area contributed by atoms with Crippen LogP contribution in [0.15, 0.2) is 42.6 Å². The van der Waals surface area contributed by atoms with E-state index in [-0.39, 0.29) is 40.8 Å². The van der Waals surface area contributed by atoms with E-state index in [1.54, 1.807) is 18.3 Å². The molecule has 352 valence electrons. The maximum Gasteiger partial charge on any atom is 0.273 e. The molecule has 14 nitrogen and oxygen atoms in total. The highest BCUT2D eigenvalue weighted by atomic mass is 32.1. The lowest BCUT2D eigenvalue weighted by molar-refractivity contribution is -0.398. The Morgan fingerprint density at radius 2 is 1.72 bits per heavy atom. The Labute approximate surface area is 397 Å². The van der Waals surface area contributed by atoms with E-state index >= 15 is 0 Å². The van der Waals surface area contributed by atoms with Crippen LogP contribution in [0.3, 0.4) is 0 Å². The molecule has 2 bridgehead atoms.